The largest absolute Gasteiger partial charge is 0.379 e. The highest BCUT2D eigenvalue weighted by molar-refractivity contribution is 5.83. The van der Waals surface area contributed by atoms with Crippen LogP contribution >= 0.6 is 0 Å². The van der Waals surface area contributed by atoms with E-state index in [-0.39, 0.29) is 18.1 Å². The standard InChI is InChI=1S/C12H22N2O3/c1-12(8-16-7-10(12)13)11(15)14-6-9-4-2-3-5-17-9/h9-10H,2-8,13H2,1H3,(H,14,15). The molecule has 0 aromatic rings. The quantitative estimate of drug-likeness (QED) is 0.732. The molecule has 3 atom stereocenters. The Bertz CT molecular complexity index is 279. The van der Waals surface area contributed by atoms with Crippen molar-refractivity contribution in [3.05, 3.63) is 0 Å². The normalized spacial score (nSPS) is 38.0. The summed E-state index contributed by atoms with van der Waals surface area (Å²) in [6.45, 7) is 4.12. The van der Waals surface area contributed by atoms with Gasteiger partial charge in [0, 0.05) is 19.2 Å². The van der Waals surface area contributed by atoms with Crippen molar-refractivity contribution in [3.63, 3.8) is 0 Å². The molecule has 0 radical (unpaired) electrons. The molecule has 17 heavy (non-hydrogen) atoms. The van der Waals surface area contributed by atoms with Gasteiger partial charge < -0.3 is 20.5 Å². The fourth-order valence-corrected chi connectivity index (χ4v) is 2.30. The van der Waals surface area contributed by atoms with Crippen LogP contribution in [0.2, 0.25) is 0 Å². The van der Waals surface area contributed by atoms with E-state index in [1.807, 2.05) is 6.92 Å². The minimum Gasteiger partial charge on any atom is -0.379 e. The van der Waals surface area contributed by atoms with Crippen LogP contribution in [0.1, 0.15) is 26.2 Å². The molecule has 3 N–H and O–H groups in total. The van der Waals surface area contributed by atoms with Crippen LogP contribution in [0.5, 0.6) is 0 Å². The zero-order valence-electron chi connectivity index (χ0n) is 10.4. The van der Waals surface area contributed by atoms with Gasteiger partial charge in [0.25, 0.3) is 0 Å². The van der Waals surface area contributed by atoms with Gasteiger partial charge in [-0.1, -0.05) is 0 Å². The Morgan fingerprint density at radius 3 is 2.94 bits per heavy atom. The molecule has 5 nitrogen and oxygen atoms in total. The van der Waals surface area contributed by atoms with Crippen molar-refractivity contribution in [2.75, 3.05) is 26.4 Å². The van der Waals surface area contributed by atoms with Gasteiger partial charge in [0.2, 0.25) is 5.91 Å². The van der Waals surface area contributed by atoms with Gasteiger partial charge in [-0.25, -0.2) is 0 Å². The molecule has 0 aliphatic carbocycles. The zero-order valence-corrected chi connectivity index (χ0v) is 10.4. The Morgan fingerprint density at radius 1 is 1.53 bits per heavy atom. The third-order valence-electron chi connectivity index (χ3n) is 3.80. The molecule has 3 unspecified atom stereocenters. The maximum Gasteiger partial charge on any atom is 0.230 e. The van der Waals surface area contributed by atoms with Gasteiger partial charge in [-0.2, -0.15) is 0 Å². The lowest BCUT2D eigenvalue weighted by Gasteiger charge is -2.28. The fourth-order valence-electron chi connectivity index (χ4n) is 2.30. The fraction of sp³-hybridized carbons (Fsp3) is 0.917. The van der Waals surface area contributed by atoms with Crippen LogP contribution < -0.4 is 11.1 Å². The summed E-state index contributed by atoms with van der Waals surface area (Å²) >= 11 is 0. The molecule has 2 rings (SSSR count). The van der Waals surface area contributed by atoms with Crippen LogP contribution in [0.3, 0.4) is 0 Å². The number of ether oxygens (including phenoxy) is 2. The smallest absolute Gasteiger partial charge is 0.230 e. The Labute approximate surface area is 102 Å². The Hall–Kier alpha value is -0.650. The highest BCUT2D eigenvalue weighted by atomic mass is 16.5. The van der Waals surface area contributed by atoms with Crippen LogP contribution in [0.4, 0.5) is 0 Å². The van der Waals surface area contributed by atoms with Gasteiger partial charge in [0.05, 0.1) is 24.7 Å². The Morgan fingerprint density at radius 2 is 2.35 bits per heavy atom. The van der Waals surface area contributed by atoms with E-state index in [1.54, 1.807) is 0 Å². The molecule has 0 aromatic heterocycles. The third-order valence-corrected chi connectivity index (χ3v) is 3.80. The summed E-state index contributed by atoms with van der Waals surface area (Å²) in [4.78, 5) is 12.1. The van der Waals surface area contributed by atoms with Gasteiger partial charge in [-0.05, 0) is 26.2 Å². The van der Waals surface area contributed by atoms with Crippen LogP contribution in [0.25, 0.3) is 0 Å². The van der Waals surface area contributed by atoms with Gasteiger partial charge in [-0.3, -0.25) is 4.79 Å². The minimum atomic E-state index is -0.589. The maximum absolute atomic E-state index is 12.1. The molecule has 5 heteroatoms. The van der Waals surface area contributed by atoms with Crippen LogP contribution in [-0.4, -0.2) is 44.4 Å². The number of nitrogens with one attached hydrogen (secondary N) is 1. The van der Waals surface area contributed by atoms with E-state index in [2.05, 4.69) is 5.32 Å². The predicted octanol–water partition coefficient (Wildman–Crippen LogP) is 0.0355. The van der Waals surface area contributed by atoms with E-state index < -0.39 is 5.41 Å². The molecule has 2 aliphatic rings. The van der Waals surface area contributed by atoms with E-state index in [0.717, 1.165) is 19.4 Å². The molecule has 0 spiro atoms. The topological polar surface area (TPSA) is 73.6 Å². The molecule has 0 aromatic carbocycles. The molecule has 0 saturated carbocycles. The molecule has 1 amide bonds. The number of carbonyl (C=O) groups is 1. The molecule has 0 bridgehead atoms. The third kappa shape index (κ3) is 2.78. The first-order valence-electron chi connectivity index (χ1n) is 6.36. The van der Waals surface area contributed by atoms with Crippen molar-refractivity contribution in [2.45, 2.75) is 38.3 Å². The van der Waals surface area contributed by atoms with Crippen molar-refractivity contribution < 1.29 is 14.3 Å². The molecule has 98 valence electrons. The SMILES string of the molecule is CC1(C(=O)NCC2CCCCO2)COCC1N. The van der Waals surface area contributed by atoms with Crippen molar-refractivity contribution in [1.29, 1.82) is 0 Å². The van der Waals surface area contributed by atoms with E-state index in [0.29, 0.717) is 19.8 Å². The van der Waals surface area contributed by atoms with Crippen LogP contribution in [0, 0.1) is 5.41 Å². The first-order valence-corrected chi connectivity index (χ1v) is 6.36. The highest BCUT2D eigenvalue weighted by Crippen LogP contribution is 2.27. The molecule has 2 aliphatic heterocycles. The van der Waals surface area contributed by atoms with Crippen molar-refractivity contribution in [2.24, 2.45) is 11.1 Å². The lowest BCUT2D eigenvalue weighted by molar-refractivity contribution is -0.131. The average molecular weight is 242 g/mol. The highest BCUT2D eigenvalue weighted by Gasteiger charge is 2.44. The number of amides is 1. The Kier molecular flexibility index (Phi) is 4.01. The van der Waals surface area contributed by atoms with Crippen LogP contribution in [0.15, 0.2) is 0 Å². The lowest BCUT2D eigenvalue weighted by Crippen LogP contribution is -2.51. The monoisotopic (exact) mass is 242 g/mol. The zero-order chi connectivity index (χ0) is 12.3. The van der Waals surface area contributed by atoms with Crippen molar-refractivity contribution >= 4 is 5.91 Å². The number of nitrogens with two attached hydrogens (primary N) is 1. The maximum atomic E-state index is 12.1. The van der Waals surface area contributed by atoms with Gasteiger partial charge in [0.1, 0.15) is 0 Å². The second kappa shape index (κ2) is 5.33. The molecular formula is C12H22N2O3. The van der Waals surface area contributed by atoms with E-state index in [1.165, 1.54) is 6.42 Å². The number of hydrogen-bond acceptors (Lipinski definition) is 4. The van der Waals surface area contributed by atoms with Crippen molar-refractivity contribution in [3.8, 4) is 0 Å². The lowest BCUT2D eigenvalue weighted by atomic mass is 9.85. The van der Waals surface area contributed by atoms with Crippen LogP contribution in [-0.2, 0) is 14.3 Å². The summed E-state index contributed by atoms with van der Waals surface area (Å²) in [6.07, 6.45) is 3.50. The summed E-state index contributed by atoms with van der Waals surface area (Å²) < 4.78 is 10.8. The number of rotatable bonds is 3. The van der Waals surface area contributed by atoms with E-state index in [4.69, 9.17) is 15.2 Å². The first-order chi connectivity index (χ1) is 8.13. The second-order valence-electron chi connectivity index (χ2n) is 5.24. The first kappa shape index (κ1) is 12.8. The second-order valence-corrected chi connectivity index (χ2v) is 5.24. The summed E-state index contributed by atoms with van der Waals surface area (Å²) in [7, 11) is 0. The minimum absolute atomic E-state index is 0.0170. The summed E-state index contributed by atoms with van der Waals surface area (Å²) in [5.74, 6) is -0.0170. The molecule has 2 heterocycles. The average Bonchev–Trinajstić information content (AvgIpc) is 2.69. The van der Waals surface area contributed by atoms with Crippen molar-refractivity contribution in [1.82, 2.24) is 5.32 Å². The van der Waals surface area contributed by atoms with E-state index in [9.17, 15) is 4.79 Å². The summed E-state index contributed by atoms with van der Waals surface area (Å²) in [5, 5.41) is 2.94. The van der Waals surface area contributed by atoms with Gasteiger partial charge in [0.15, 0.2) is 0 Å². The molecule has 2 fully saturated rings. The van der Waals surface area contributed by atoms with Gasteiger partial charge in [-0.15, -0.1) is 0 Å². The number of hydrogen-bond donors (Lipinski definition) is 2. The summed E-state index contributed by atoms with van der Waals surface area (Å²) in [5.41, 5.74) is 5.32. The van der Waals surface area contributed by atoms with E-state index >= 15 is 0 Å². The molecular weight excluding hydrogens is 220 g/mol. The molecule has 2 saturated heterocycles. The number of carbonyl (C=O) groups excluding carboxylic acids is 1. The van der Waals surface area contributed by atoms with Gasteiger partial charge >= 0.3 is 0 Å². The predicted molar refractivity (Wildman–Crippen MR) is 63.5 cm³/mol. The summed E-state index contributed by atoms with van der Waals surface area (Å²) in [6, 6.07) is -0.213. The Balaban J connectivity index is 1.80.